The van der Waals surface area contributed by atoms with Crippen LogP contribution < -0.4 is 15.5 Å². The first-order valence-corrected chi connectivity index (χ1v) is 14.9. The zero-order valence-corrected chi connectivity index (χ0v) is 28.6. The fourth-order valence-corrected chi connectivity index (χ4v) is 4.16. The highest BCUT2D eigenvalue weighted by atomic mass is 16.6. The van der Waals surface area contributed by atoms with Crippen LogP contribution in [-0.2, 0) is 35.1 Å². The molecule has 2 rings (SSSR count). The number of carboxylic acid groups (broad SMARTS) is 1. The van der Waals surface area contributed by atoms with E-state index in [1.54, 1.807) is 60.6 Å². The Bertz CT molecular complexity index is 1480. The van der Waals surface area contributed by atoms with Crippen molar-refractivity contribution in [2.45, 2.75) is 92.7 Å². The Labute approximate surface area is 274 Å². The highest BCUT2D eigenvalue weighted by Crippen LogP contribution is 2.41. The van der Waals surface area contributed by atoms with Gasteiger partial charge in [0.05, 0.1) is 12.3 Å². The van der Waals surface area contributed by atoms with E-state index in [-0.39, 0.29) is 24.7 Å². The fraction of sp³-hybridized carbons (Fsp3) is 0.531. The van der Waals surface area contributed by atoms with Gasteiger partial charge in [0, 0.05) is 12.0 Å². The van der Waals surface area contributed by atoms with Gasteiger partial charge in [-0.05, 0) is 72.7 Å². The number of nitrogens with zero attached hydrogens (tertiary/aromatic N) is 4. The largest absolute Gasteiger partial charge is 0.477 e. The van der Waals surface area contributed by atoms with E-state index in [0.717, 1.165) is 4.90 Å². The van der Waals surface area contributed by atoms with Crippen LogP contribution in [-0.4, -0.2) is 75.2 Å². The van der Waals surface area contributed by atoms with Crippen molar-refractivity contribution < 1.29 is 48.0 Å². The zero-order valence-electron chi connectivity index (χ0n) is 28.6. The molecule has 0 spiro atoms. The number of hydrogen-bond donors (Lipinski definition) is 2. The number of aliphatic carboxylic acids is 1. The van der Waals surface area contributed by atoms with Crippen LogP contribution in [0.2, 0.25) is 0 Å². The molecule has 0 saturated carbocycles. The van der Waals surface area contributed by atoms with E-state index < -0.39 is 64.8 Å². The number of aromatic nitrogens is 2. The molecule has 2 amide bonds. The van der Waals surface area contributed by atoms with Crippen molar-refractivity contribution in [3.05, 3.63) is 47.8 Å². The Kier molecular flexibility index (Phi) is 12.0. The second kappa shape index (κ2) is 14.8. The first-order valence-electron chi connectivity index (χ1n) is 14.9. The lowest BCUT2D eigenvalue weighted by molar-refractivity contribution is -0.191. The number of amides is 2. The predicted octanol–water partition coefficient (Wildman–Crippen LogP) is 4.67. The summed E-state index contributed by atoms with van der Waals surface area (Å²) in [4.78, 5) is 77.0. The van der Waals surface area contributed by atoms with Gasteiger partial charge in [0.2, 0.25) is 0 Å². The summed E-state index contributed by atoms with van der Waals surface area (Å²) < 4.78 is 21.9. The van der Waals surface area contributed by atoms with E-state index in [2.05, 4.69) is 9.97 Å². The van der Waals surface area contributed by atoms with Gasteiger partial charge in [0.1, 0.15) is 29.4 Å². The van der Waals surface area contributed by atoms with E-state index in [1.165, 1.54) is 45.0 Å². The van der Waals surface area contributed by atoms with Crippen molar-refractivity contribution in [1.82, 2.24) is 9.97 Å². The standard InChI is InChI=1S/C32H45N5O10/c1-11-44-25(39)21-15-13-17-23(35-21)37(28(43)47-31(8,9)10)32(26(40)41,29(2,3)4)45-24(38)19-36(27(42)46-30(5,6)7)22-16-12-14-20(18-33)34-22/h12-17H,11,18-19,33H2,1-10H3,(H,40,41). The van der Waals surface area contributed by atoms with Crippen molar-refractivity contribution in [1.29, 1.82) is 0 Å². The molecule has 0 aliphatic heterocycles. The Morgan fingerprint density at radius 2 is 1.34 bits per heavy atom. The maximum absolute atomic E-state index is 13.9. The monoisotopic (exact) mass is 659 g/mol. The predicted molar refractivity (Wildman–Crippen MR) is 171 cm³/mol. The Balaban J connectivity index is 2.79. The maximum Gasteiger partial charge on any atom is 0.419 e. The molecule has 258 valence electrons. The molecule has 2 aromatic heterocycles. The van der Waals surface area contributed by atoms with Crippen molar-refractivity contribution in [2.75, 3.05) is 23.0 Å². The molecule has 0 aromatic carbocycles. The van der Waals surface area contributed by atoms with Crippen LogP contribution in [0.25, 0.3) is 0 Å². The summed E-state index contributed by atoms with van der Waals surface area (Å²) in [5.74, 6) is -4.30. The fourth-order valence-electron chi connectivity index (χ4n) is 4.16. The molecular weight excluding hydrogens is 614 g/mol. The minimum Gasteiger partial charge on any atom is -0.477 e. The van der Waals surface area contributed by atoms with Gasteiger partial charge in [-0.2, -0.15) is 0 Å². The topological polar surface area (TPSA) is 201 Å². The molecule has 0 aliphatic carbocycles. The Morgan fingerprint density at radius 1 is 0.787 bits per heavy atom. The third-order valence-electron chi connectivity index (χ3n) is 6.09. The third-order valence-corrected chi connectivity index (χ3v) is 6.09. The number of carboxylic acids is 1. The third kappa shape index (κ3) is 9.85. The van der Waals surface area contributed by atoms with Crippen LogP contribution in [0, 0.1) is 5.41 Å². The number of hydrogen-bond acceptors (Lipinski definition) is 12. The second-order valence-corrected chi connectivity index (χ2v) is 13.3. The highest BCUT2D eigenvalue weighted by molar-refractivity contribution is 6.00. The van der Waals surface area contributed by atoms with Crippen LogP contribution in [0.1, 0.15) is 85.4 Å². The van der Waals surface area contributed by atoms with Crippen LogP contribution in [0.3, 0.4) is 0 Å². The summed E-state index contributed by atoms with van der Waals surface area (Å²) in [5, 5.41) is 10.9. The van der Waals surface area contributed by atoms with Crippen molar-refractivity contribution in [2.24, 2.45) is 11.1 Å². The lowest BCUT2D eigenvalue weighted by Crippen LogP contribution is -2.68. The molecule has 0 aliphatic rings. The lowest BCUT2D eigenvalue weighted by Gasteiger charge is -2.46. The number of nitrogens with two attached hydrogens (primary N) is 1. The lowest BCUT2D eigenvalue weighted by atomic mass is 9.81. The van der Waals surface area contributed by atoms with Crippen molar-refractivity contribution >= 4 is 41.7 Å². The number of carbonyl (C=O) groups is 5. The molecule has 0 fully saturated rings. The van der Waals surface area contributed by atoms with Gasteiger partial charge in [-0.1, -0.05) is 32.9 Å². The molecule has 47 heavy (non-hydrogen) atoms. The number of rotatable bonds is 10. The van der Waals surface area contributed by atoms with E-state index in [4.69, 9.17) is 24.7 Å². The van der Waals surface area contributed by atoms with Crippen LogP contribution in [0.5, 0.6) is 0 Å². The van der Waals surface area contributed by atoms with Crippen molar-refractivity contribution in [3.8, 4) is 0 Å². The second-order valence-electron chi connectivity index (χ2n) is 13.3. The summed E-state index contributed by atoms with van der Waals surface area (Å²) in [5.41, 5.74) is -0.714. The molecule has 0 bridgehead atoms. The average molecular weight is 660 g/mol. The molecule has 2 aromatic rings. The number of anilines is 2. The van der Waals surface area contributed by atoms with Gasteiger partial charge in [-0.3, -0.25) is 9.69 Å². The van der Waals surface area contributed by atoms with Gasteiger partial charge in [-0.25, -0.2) is 34.0 Å². The Morgan fingerprint density at radius 3 is 1.85 bits per heavy atom. The van der Waals surface area contributed by atoms with E-state index in [9.17, 15) is 29.1 Å². The molecule has 1 atom stereocenters. The van der Waals surface area contributed by atoms with Gasteiger partial charge < -0.3 is 29.8 Å². The molecule has 1 unspecified atom stereocenters. The minimum absolute atomic E-state index is 0.0231. The Hall–Kier alpha value is -4.79. The summed E-state index contributed by atoms with van der Waals surface area (Å²) >= 11 is 0. The van der Waals surface area contributed by atoms with Gasteiger partial charge in [-0.15, -0.1) is 0 Å². The summed E-state index contributed by atoms with van der Waals surface area (Å²) in [6.07, 6.45) is -2.24. The first-order chi connectivity index (χ1) is 21.6. The van der Waals surface area contributed by atoms with Gasteiger partial charge >= 0.3 is 30.1 Å². The first kappa shape index (κ1) is 38.4. The summed E-state index contributed by atoms with van der Waals surface area (Å²) in [6, 6.07) is 8.52. The molecular formula is C32H45N5O10. The van der Waals surface area contributed by atoms with E-state index in [1.807, 2.05) is 0 Å². The zero-order chi connectivity index (χ0) is 36.0. The van der Waals surface area contributed by atoms with Crippen LogP contribution in [0.4, 0.5) is 21.2 Å². The van der Waals surface area contributed by atoms with Crippen molar-refractivity contribution in [3.63, 3.8) is 0 Å². The average Bonchev–Trinajstić information content (AvgIpc) is 2.93. The van der Waals surface area contributed by atoms with Gasteiger partial charge in [0.15, 0.2) is 5.69 Å². The molecule has 15 nitrogen and oxygen atoms in total. The number of esters is 2. The summed E-state index contributed by atoms with van der Waals surface area (Å²) in [7, 11) is 0. The number of carbonyl (C=O) groups excluding carboxylic acids is 4. The van der Waals surface area contributed by atoms with E-state index >= 15 is 0 Å². The van der Waals surface area contributed by atoms with Crippen LogP contribution in [0.15, 0.2) is 36.4 Å². The molecule has 0 saturated heterocycles. The highest BCUT2D eigenvalue weighted by Gasteiger charge is 2.61. The normalized spacial score (nSPS) is 13.1. The number of pyridine rings is 2. The van der Waals surface area contributed by atoms with Crippen LogP contribution >= 0.6 is 0 Å². The molecule has 15 heteroatoms. The van der Waals surface area contributed by atoms with E-state index in [0.29, 0.717) is 10.6 Å². The number of ether oxygens (including phenoxy) is 4. The summed E-state index contributed by atoms with van der Waals surface area (Å²) in [6.45, 7) is 14.5. The van der Waals surface area contributed by atoms with Gasteiger partial charge in [0.25, 0.3) is 5.72 Å². The quantitative estimate of drug-likeness (QED) is 0.203. The SMILES string of the molecule is CCOC(=O)c1cccc(N(C(=O)OC(C)(C)C)C(OC(=O)CN(C(=O)OC(C)(C)C)c2cccc(CN)n2)(C(=O)O)C(C)(C)C)n1. The maximum atomic E-state index is 13.9. The molecule has 0 radical (unpaired) electrons. The minimum atomic E-state index is -2.86. The molecule has 3 N–H and O–H groups in total. The smallest absolute Gasteiger partial charge is 0.419 e. The molecule has 2 heterocycles.